The Labute approximate surface area is 162 Å². The van der Waals surface area contributed by atoms with Crippen LogP contribution in [0.15, 0.2) is 42.7 Å². The molecule has 0 aliphatic rings. The normalized spacial score (nSPS) is 10.8. The van der Waals surface area contributed by atoms with E-state index in [1.54, 1.807) is 6.20 Å². The number of aromatic nitrogens is 5. The molecular weight excluding hydrogens is 352 g/mol. The van der Waals surface area contributed by atoms with Crippen molar-refractivity contribution in [2.24, 2.45) is 0 Å². The minimum absolute atomic E-state index is 0.464. The van der Waals surface area contributed by atoms with Crippen molar-refractivity contribution >= 4 is 28.5 Å². The van der Waals surface area contributed by atoms with Gasteiger partial charge < -0.3 is 15.2 Å². The van der Waals surface area contributed by atoms with E-state index in [-0.39, 0.29) is 0 Å². The SMILES string of the molecule is Cc1cc(N(C)c2cnc3[nH]cc(-c4cccc(NCCC#N)c4)c3n2)[nH]n1. The quantitative estimate of drug-likeness (QED) is 0.445. The molecule has 0 saturated carbocycles. The third-order valence-electron chi connectivity index (χ3n) is 4.51. The first kappa shape index (κ1) is 17.5. The number of fused-ring (bicyclic) bond motifs is 1. The molecule has 0 bridgehead atoms. The lowest BCUT2D eigenvalue weighted by Crippen LogP contribution is -2.12. The van der Waals surface area contributed by atoms with Gasteiger partial charge in [0.2, 0.25) is 0 Å². The molecule has 4 aromatic rings. The van der Waals surface area contributed by atoms with E-state index < -0.39 is 0 Å². The first-order valence-corrected chi connectivity index (χ1v) is 8.97. The lowest BCUT2D eigenvalue weighted by atomic mass is 10.1. The van der Waals surface area contributed by atoms with Crippen molar-refractivity contribution < 1.29 is 0 Å². The minimum Gasteiger partial charge on any atom is -0.384 e. The highest BCUT2D eigenvalue weighted by atomic mass is 15.3. The molecule has 3 aromatic heterocycles. The van der Waals surface area contributed by atoms with Crippen LogP contribution in [0.5, 0.6) is 0 Å². The molecule has 0 unspecified atom stereocenters. The Morgan fingerprint density at radius 1 is 1.29 bits per heavy atom. The molecule has 0 saturated heterocycles. The lowest BCUT2D eigenvalue weighted by molar-refractivity contribution is 1.00. The molecule has 3 N–H and O–H groups in total. The van der Waals surface area contributed by atoms with Gasteiger partial charge in [0.1, 0.15) is 11.3 Å². The molecule has 0 aliphatic heterocycles. The van der Waals surface area contributed by atoms with Crippen molar-refractivity contribution in [3.63, 3.8) is 0 Å². The fourth-order valence-electron chi connectivity index (χ4n) is 3.03. The van der Waals surface area contributed by atoms with Crippen LogP contribution in [-0.2, 0) is 0 Å². The molecule has 8 heteroatoms. The first-order chi connectivity index (χ1) is 13.7. The lowest BCUT2D eigenvalue weighted by Gasteiger charge is -2.15. The molecule has 0 amide bonds. The van der Waals surface area contributed by atoms with Gasteiger partial charge in [-0.15, -0.1) is 0 Å². The van der Waals surface area contributed by atoms with Gasteiger partial charge >= 0.3 is 0 Å². The van der Waals surface area contributed by atoms with E-state index in [1.807, 2.05) is 49.3 Å². The molecule has 0 aliphatic carbocycles. The summed E-state index contributed by atoms with van der Waals surface area (Å²) in [5.74, 6) is 1.58. The van der Waals surface area contributed by atoms with Gasteiger partial charge in [0, 0.05) is 37.1 Å². The Bertz CT molecular complexity index is 1150. The molecule has 1 aromatic carbocycles. The molecule has 0 atom stereocenters. The van der Waals surface area contributed by atoms with Crippen LogP contribution < -0.4 is 10.2 Å². The summed E-state index contributed by atoms with van der Waals surface area (Å²) in [5, 5.41) is 19.1. The molecule has 8 nitrogen and oxygen atoms in total. The fraction of sp³-hybridized carbons (Fsp3) is 0.200. The average molecular weight is 372 g/mol. The zero-order chi connectivity index (χ0) is 19.5. The van der Waals surface area contributed by atoms with E-state index in [9.17, 15) is 0 Å². The standard InChI is InChI=1S/C20H20N8/c1-13-9-17(27-26-13)28(2)18-12-24-20-19(25-18)16(11-23-20)14-5-3-6-15(10-14)22-8-4-7-21/h3,5-6,9-12,22H,4,8H2,1-2H3,(H,23,24)(H,26,27). The molecular formula is C20H20N8. The predicted molar refractivity (Wildman–Crippen MR) is 109 cm³/mol. The second kappa shape index (κ2) is 7.40. The van der Waals surface area contributed by atoms with E-state index in [0.717, 1.165) is 45.3 Å². The monoisotopic (exact) mass is 372 g/mol. The van der Waals surface area contributed by atoms with Crippen molar-refractivity contribution in [1.29, 1.82) is 5.26 Å². The summed E-state index contributed by atoms with van der Waals surface area (Å²) in [6.07, 6.45) is 4.12. The van der Waals surface area contributed by atoms with Gasteiger partial charge in [0.15, 0.2) is 11.5 Å². The van der Waals surface area contributed by atoms with Crippen molar-refractivity contribution in [3.8, 4) is 17.2 Å². The Morgan fingerprint density at radius 2 is 2.18 bits per heavy atom. The van der Waals surface area contributed by atoms with E-state index in [2.05, 4.69) is 37.6 Å². The number of hydrogen-bond acceptors (Lipinski definition) is 6. The summed E-state index contributed by atoms with van der Waals surface area (Å²) in [6, 6.07) is 12.2. The fourth-order valence-corrected chi connectivity index (χ4v) is 3.03. The Hall–Kier alpha value is -3.86. The van der Waals surface area contributed by atoms with Crippen LogP contribution in [-0.4, -0.2) is 38.7 Å². The van der Waals surface area contributed by atoms with Gasteiger partial charge in [-0.3, -0.25) is 5.10 Å². The van der Waals surface area contributed by atoms with Crippen molar-refractivity contribution in [1.82, 2.24) is 25.1 Å². The third kappa shape index (κ3) is 3.38. The number of nitrogens with zero attached hydrogens (tertiary/aromatic N) is 5. The molecule has 28 heavy (non-hydrogen) atoms. The van der Waals surface area contributed by atoms with Crippen LogP contribution in [0.3, 0.4) is 0 Å². The number of benzene rings is 1. The van der Waals surface area contributed by atoms with Crippen LogP contribution in [0.2, 0.25) is 0 Å². The van der Waals surface area contributed by atoms with Gasteiger partial charge in [-0.1, -0.05) is 12.1 Å². The summed E-state index contributed by atoms with van der Waals surface area (Å²) >= 11 is 0. The van der Waals surface area contributed by atoms with Crippen LogP contribution in [0.4, 0.5) is 17.3 Å². The summed E-state index contributed by atoms with van der Waals surface area (Å²) in [7, 11) is 1.93. The maximum absolute atomic E-state index is 8.70. The van der Waals surface area contributed by atoms with Crippen LogP contribution >= 0.6 is 0 Å². The zero-order valence-corrected chi connectivity index (χ0v) is 15.7. The minimum atomic E-state index is 0.464. The topological polar surface area (TPSA) is 109 Å². The highest BCUT2D eigenvalue weighted by Crippen LogP contribution is 2.30. The van der Waals surface area contributed by atoms with E-state index in [4.69, 9.17) is 10.2 Å². The summed E-state index contributed by atoms with van der Waals surface area (Å²) in [4.78, 5) is 14.5. The number of rotatable bonds is 6. The zero-order valence-electron chi connectivity index (χ0n) is 15.7. The number of nitrogens with one attached hydrogen (secondary N) is 3. The van der Waals surface area contributed by atoms with Crippen LogP contribution in [0.1, 0.15) is 12.1 Å². The van der Waals surface area contributed by atoms with Gasteiger partial charge in [-0.2, -0.15) is 10.4 Å². The Morgan fingerprint density at radius 3 is 2.96 bits per heavy atom. The number of aryl methyl sites for hydroxylation is 1. The largest absolute Gasteiger partial charge is 0.384 e. The average Bonchev–Trinajstić information content (AvgIpc) is 3.33. The van der Waals surface area contributed by atoms with Gasteiger partial charge in [-0.05, 0) is 24.6 Å². The van der Waals surface area contributed by atoms with Crippen molar-refractivity contribution in [2.45, 2.75) is 13.3 Å². The van der Waals surface area contributed by atoms with E-state index >= 15 is 0 Å². The van der Waals surface area contributed by atoms with Crippen LogP contribution in [0, 0.1) is 18.3 Å². The second-order valence-electron chi connectivity index (χ2n) is 6.50. The summed E-state index contributed by atoms with van der Waals surface area (Å²) < 4.78 is 0. The maximum Gasteiger partial charge on any atom is 0.156 e. The van der Waals surface area contributed by atoms with Crippen molar-refractivity contribution in [3.05, 3.63) is 48.4 Å². The first-order valence-electron chi connectivity index (χ1n) is 8.97. The molecule has 0 fully saturated rings. The summed E-state index contributed by atoms with van der Waals surface area (Å²) in [5.41, 5.74) is 5.42. The molecule has 0 radical (unpaired) electrons. The van der Waals surface area contributed by atoms with Gasteiger partial charge in [0.25, 0.3) is 0 Å². The number of nitriles is 1. The number of anilines is 3. The maximum atomic E-state index is 8.70. The van der Waals surface area contributed by atoms with Crippen LogP contribution in [0.25, 0.3) is 22.3 Å². The molecule has 140 valence electrons. The predicted octanol–water partition coefficient (Wildman–Crippen LogP) is 3.75. The van der Waals surface area contributed by atoms with Crippen molar-refractivity contribution in [2.75, 3.05) is 23.8 Å². The number of hydrogen-bond donors (Lipinski definition) is 3. The summed E-state index contributed by atoms with van der Waals surface area (Å²) in [6.45, 7) is 2.55. The third-order valence-corrected chi connectivity index (χ3v) is 4.51. The number of aromatic amines is 2. The van der Waals surface area contributed by atoms with Gasteiger partial charge in [-0.25, -0.2) is 9.97 Å². The molecule has 3 heterocycles. The van der Waals surface area contributed by atoms with E-state index in [0.29, 0.717) is 13.0 Å². The van der Waals surface area contributed by atoms with E-state index in [1.165, 1.54) is 0 Å². The van der Waals surface area contributed by atoms with Gasteiger partial charge in [0.05, 0.1) is 24.4 Å². The second-order valence-corrected chi connectivity index (χ2v) is 6.50. The Kier molecular flexibility index (Phi) is 4.64. The molecule has 4 rings (SSSR count). The Balaban J connectivity index is 1.69. The molecule has 0 spiro atoms. The smallest absolute Gasteiger partial charge is 0.156 e. The highest BCUT2D eigenvalue weighted by molar-refractivity contribution is 5.91. The highest BCUT2D eigenvalue weighted by Gasteiger charge is 2.14. The number of H-pyrrole nitrogens is 2.